The van der Waals surface area contributed by atoms with Gasteiger partial charge in [-0.25, -0.2) is 18.1 Å². The molecule has 0 bridgehead atoms. The Morgan fingerprint density at radius 2 is 1.88 bits per heavy atom. The van der Waals surface area contributed by atoms with E-state index in [9.17, 15) is 13.2 Å². The normalized spacial score (nSPS) is 11.3. The Morgan fingerprint density at radius 3 is 2.58 bits per heavy atom. The average molecular weight is 500 g/mol. The lowest BCUT2D eigenvalue weighted by Crippen LogP contribution is -2.23. The molecule has 0 saturated heterocycles. The van der Waals surface area contributed by atoms with Crippen LogP contribution in [0.1, 0.15) is 20.1 Å². The average Bonchev–Trinajstić information content (AvgIpc) is 3.47. The van der Waals surface area contributed by atoms with Crippen molar-refractivity contribution in [1.29, 1.82) is 0 Å². The molecule has 0 spiro atoms. The van der Waals surface area contributed by atoms with Crippen LogP contribution in [0.25, 0.3) is 11.3 Å². The molecule has 0 saturated carbocycles. The van der Waals surface area contributed by atoms with Gasteiger partial charge >= 0.3 is 0 Å². The predicted molar refractivity (Wildman–Crippen MR) is 132 cm³/mol. The van der Waals surface area contributed by atoms with Gasteiger partial charge in [0, 0.05) is 27.4 Å². The van der Waals surface area contributed by atoms with E-state index in [0.717, 1.165) is 26.8 Å². The van der Waals surface area contributed by atoms with Crippen molar-refractivity contribution in [3.8, 4) is 17.0 Å². The number of benzene rings is 2. The number of thiazole rings is 1. The van der Waals surface area contributed by atoms with Crippen molar-refractivity contribution in [3.63, 3.8) is 0 Å². The third-order valence-electron chi connectivity index (χ3n) is 4.80. The highest BCUT2D eigenvalue weighted by molar-refractivity contribution is 7.89. The van der Waals surface area contributed by atoms with Crippen molar-refractivity contribution in [2.75, 3.05) is 12.4 Å². The SMILES string of the molecule is COc1ccc(-c2nc(NC(=O)c3cccc(S(=O)(=O)NCc4cccs4)c3)sc2C)cc1. The molecule has 7 nitrogen and oxygen atoms in total. The zero-order chi connectivity index (χ0) is 23.4. The first-order valence-corrected chi connectivity index (χ1v) is 13.1. The molecule has 10 heteroatoms. The summed E-state index contributed by atoms with van der Waals surface area (Å²) in [6, 6.07) is 17.2. The number of anilines is 1. The van der Waals surface area contributed by atoms with E-state index < -0.39 is 15.9 Å². The third kappa shape index (κ3) is 5.48. The number of nitrogens with one attached hydrogen (secondary N) is 2. The number of carbonyl (C=O) groups is 1. The highest BCUT2D eigenvalue weighted by Gasteiger charge is 2.18. The van der Waals surface area contributed by atoms with E-state index in [1.54, 1.807) is 19.2 Å². The molecular formula is C23H21N3O4S3. The van der Waals surface area contributed by atoms with Crippen molar-refractivity contribution in [2.45, 2.75) is 18.4 Å². The highest BCUT2D eigenvalue weighted by Crippen LogP contribution is 2.31. The van der Waals surface area contributed by atoms with Crippen molar-refractivity contribution in [1.82, 2.24) is 9.71 Å². The van der Waals surface area contributed by atoms with Crippen LogP contribution in [0.15, 0.2) is 70.9 Å². The minimum atomic E-state index is -3.76. The van der Waals surface area contributed by atoms with Crippen LogP contribution in [0.2, 0.25) is 0 Å². The van der Waals surface area contributed by atoms with Gasteiger partial charge in [-0.15, -0.1) is 22.7 Å². The summed E-state index contributed by atoms with van der Waals surface area (Å²) in [5.41, 5.74) is 1.91. The first-order valence-electron chi connectivity index (χ1n) is 9.91. The molecule has 4 rings (SSSR count). The third-order valence-corrected chi connectivity index (χ3v) is 7.97. The van der Waals surface area contributed by atoms with E-state index in [1.807, 2.05) is 48.7 Å². The summed E-state index contributed by atoms with van der Waals surface area (Å²) >= 11 is 2.82. The first-order chi connectivity index (χ1) is 15.9. The van der Waals surface area contributed by atoms with Crippen molar-refractivity contribution < 1.29 is 17.9 Å². The van der Waals surface area contributed by atoms with E-state index in [2.05, 4.69) is 15.0 Å². The van der Waals surface area contributed by atoms with E-state index in [0.29, 0.717) is 5.13 Å². The second-order valence-electron chi connectivity index (χ2n) is 7.04. The van der Waals surface area contributed by atoms with Gasteiger partial charge in [0.2, 0.25) is 10.0 Å². The standard InChI is InChI=1S/C23H21N3O4S3/c1-15-21(16-8-10-18(30-2)11-9-16)25-23(32-15)26-22(27)17-5-3-7-20(13-17)33(28,29)24-14-19-6-4-12-31-19/h3-13,24H,14H2,1-2H3,(H,25,26,27). The Morgan fingerprint density at radius 1 is 1.09 bits per heavy atom. The van der Waals surface area contributed by atoms with E-state index in [1.165, 1.54) is 34.8 Å². The lowest BCUT2D eigenvalue weighted by Gasteiger charge is -2.08. The van der Waals surface area contributed by atoms with Crippen LogP contribution in [-0.4, -0.2) is 26.4 Å². The van der Waals surface area contributed by atoms with Crippen LogP contribution in [0.3, 0.4) is 0 Å². The Balaban J connectivity index is 1.49. The van der Waals surface area contributed by atoms with Gasteiger partial charge in [-0.05, 0) is 60.8 Å². The number of rotatable bonds is 8. The summed E-state index contributed by atoms with van der Waals surface area (Å²) in [7, 11) is -2.15. The van der Waals surface area contributed by atoms with Gasteiger partial charge in [0.1, 0.15) is 5.75 Å². The molecule has 0 aliphatic rings. The molecule has 2 heterocycles. The highest BCUT2D eigenvalue weighted by atomic mass is 32.2. The van der Waals surface area contributed by atoms with Crippen LogP contribution in [0, 0.1) is 6.92 Å². The number of sulfonamides is 1. The number of hydrogen-bond donors (Lipinski definition) is 2. The van der Waals surface area contributed by atoms with Gasteiger partial charge in [-0.3, -0.25) is 10.1 Å². The molecule has 0 unspecified atom stereocenters. The molecule has 1 amide bonds. The second-order valence-corrected chi connectivity index (χ2v) is 11.0. The van der Waals surface area contributed by atoms with Gasteiger partial charge in [0.25, 0.3) is 5.91 Å². The molecule has 4 aromatic rings. The molecule has 0 atom stereocenters. The monoisotopic (exact) mass is 499 g/mol. The molecule has 170 valence electrons. The minimum absolute atomic E-state index is 0.0287. The largest absolute Gasteiger partial charge is 0.497 e. The van der Waals surface area contributed by atoms with Crippen LogP contribution < -0.4 is 14.8 Å². The van der Waals surface area contributed by atoms with E-state index >= 15 is 0 Å². The Labute approximate surface area is 200 Å². The molecule has 0 radical (unpaired) electrons. The molecule has 2 N–H and O–H groups in total. The fourth-order valence-electron chi connectivity index (χ4n) is 3.10. The van der Waals surface area contributed by atoms with E-state index in [4.69, 9.17) is 4.74 Å². The number of amides is 1. The molecule has 2 aromatic carbocycles. The Kier molecular flexibility index (Phi) is 6.89. The number of methoxy groups -OCH3 is 1. The quantitative estimate of drug-likeness (QED) is 0.359. The molecule has 0 aliphatic carbocycles. The van der Waals surface area contributed by atoms with Crippen LogP contribution in [-0.2, 0) is 16.6 Å². The summed E-state index contributed by atoms with van der Waals surface area (Å²) in [5, 5.41) is 5.10. The lowest BCUT2D eigenvalue weighted by atomic mass is 10.1. The minimum Gasteiger partial charge on any atom is -0.497 e. The molecular weight excluding hydrogens is 478 g/mol. The van der Waals surface area contributed by atoms with Crippen molar-refractivity contribution >= 4 is 43.7 Å². The van der Waals surface area contributed by atoms with Gasteiger partial charge in [-0.1, -0.05) is 12.1 Å². The zero-order valence-electron chi connectivity index (χ0n) is 17.9. The van der Waals surface area contributed by atoms with Crippen LogP contribution in [0.4, 0.5) is 5.13 Å². The summed E-state index contributed by atoms with van der Waals surface area (Å²) in [5.74, 6) is 0.320. The molecule has 33 heavy (non-hydrogen) atoms. The fraction of sp³-hybridized carbons (Fsp3) is 0.130. The number of aryl methyl sites for hydroxylation is 1. The number of ether oxygens (including phenoxy) is 1. The summed E-state index contributed by atoms with van der Waals surface area (Å²) in [4.78, 5) is 19.2. The Bertz CT molecular complexity index is 1360. The number of hydrogen-bond acceptors (Lipinski definition) is 7. The predicted octanol–water partition coefficient (Wildman–Crippen LogP) is 4.92. The number of aromatic nitrogens is 1. The van der Waals surface area contributed by atoms with Gasteiger partial charge < -0.3 is 4.74 Å². The fourth-order valence-corrected chi connectivity index (χ4v) is 5.72. The first kappa shape index (κ1) is 23.1. The Hall–Kier alpha value is -3.05. The maximum atomic E-state index is 12.8. The summed E-state index contributed by atoms with van der Waals surface area (Å²) < 4.78 is 33.1. The topological polar surface area (TPSA) is 97.4 Å². The maximum Gasteiger partial charge on any atom is 0.257 e. The summed E-state index contributed by atoms with van der Waals surface area (Å²) in [6.07, 6.45) is 0. The van der Waals surface area contributed by atoms with Crippen LogP contribution >= 0.6 is 22.7 Å². The zero-order valence-corrected chi connectivity index (χ0v) is 20.3. The van der Waals surface area contributed by atoms with E-state index in [-0.39, 0.29) is 17.0 Å². The molecule has 0 fully saturated rings. The second kappa shape index (κ2) is 9.84. The number of nitrogens with zero attached hydrogens (tertiary/aromatic N) is 1. The van der Waals surface area contributed by atoms with Crippen LogP contribution in [0.5, 0.6) is 5.75 Å². The number of carbonyl (C=O) groups excluding carboxylic acids is 1. The van der Waals surface area contributed by atoms with Gasteiger partial charge in [-0.2, -0.15) is 0 Å². The molecule has 2 aromatic heterocycles. The number of thiophene rings is 1. The maximum absolute atomic E-state index is 12.8. The molecule has 0 aliphatic heterocycles. The smallest absolute Gasteiger partial charge is 0.257 e. The summed E-state index contributed by atoms with van der Waals surface area (Å²) in [6.45, 7) is 2.13. The van der Waals surface area contributed by atoms with Crippen molar-refractivity contribution in [2.24, 2.45) is 0 Å². The van der Waals surface area contributed by atoms with Crippen molar-refractivity contribution in [3.05, 3.63) is 81.4 Å². The lowest BCUT2D eigenvalue weighted by molar-refractivity contribution is 0.102. The van der Waals surface area contributed by atoms with Gasteiger partial charge in [0.15, 0.2) is 5.13 Å². The van der Waals surface area contributed by atoms with Gasteiger partial charge in [0.05, 0.1) is 17.7 Å².